The topological polar surface area (TPSA) is 74.0 Å². The molecule has 0 bridgehead atoms. The fourth-order valence-corrected chi connectivity index (χ4v) is 3.36. The molecule has 2 heterocycles. The lowest BCUT2D eigenvalue weighted by molar-refractivity contribution is -0.130. The van der Waals surface area contributed by atoms with Crippen molar-refractivity contribution in [2.75, 3.05) is 0 Å². The molecule has 0 aliphatic carbocycles. The maximum atomic E-state index is 12.4. The third-order valence-electron chi connectivity index (χ3n) is 5.34. The fourth-order valence-electron chi connectivity index (χ4n) is 3.36. The molecule has 1 aromatic heterocycles. The number of allylic oxidation sites excluding steroid dienone is 3. The van der Waals surface area contributed by atoms with Gasteiger partial charge in [0.25, 0.3) is 5.91 Å². The molecule has 152 valence electrons. The van der Waals surface area contributed by atoms with Gasteiger partial charge in [-0.1, -0.05) is 43.7 Å². The van der Waals surface area contributed by atoms with E-state index in [1.54, 1.807) is 13.0 Å². The van der Waals surface area contributed by atoms with E-state index >= 15 is 0 Å². The molecule has 0 radical (unpaired) electrons. The monoisotopic (exact) mass is 391 g/mol. The Kier molecular flexibility index (Phi) is 5.51. The van der Waals surface area contributed by atoms with Gasteiger partial charge in [-0.15, -0.1) is 6.58 Å². The second-order valence-electron chi connectivity index (χ2n) is 8.45. The van der Waals surface area contributed by atoms with E-state index in [0.717, 1.165) is 28.6 Å². The number of amides is 2. The number of aromatic amines is 1. The molecule has 1 aromatic carbocycles. The number of fused-ring (bicyclic) bond motifs is 1. The Morgan fingerprint density at radius 1 is 1.24 bits per heavy atom. The Morgan fingerprint density at radius 3 is 2.62 bits per heavy atom. The summed E-state index contributed by atoms with van der Waals surface area (Å²) in [6.45, 7) is 14.0. The van der Waals surface area contributed by atoms with Crippen LogP contribution in [0.25, 0.3) is 17.0 Å². The van der Waals surface area contributed by atoms with E-state index in [2.05, 4.69) is 74.2 Å². The molecular formula is C24H29N3O2. The largest absolute Gasteiger partial charge is 0.357 e. The summed E-state index contributed by atoms with van der Waals surface area (Å²) < 4.78 is 0. The number of carbonyl (C=O) groups is 2. The third-order valence-corrected chi connectivity index (χ3v) is 5.34. The highest BCUT2D eigenvalue weighted by atomic mass is 16.2. The van der Waals surface area contributed by atoms with Crippen LogP contribution in [-0.4, -0.2) is 22.8 Å². The average Bonchev–Trinajstić information content (AvgIpc) is 3.03. The Labute approximate surface area is 172 Å². The quantitative estimate of drug-likeness (QED) is 0.530. The van der Waals surface area contributed by atoms with Crippen LogP contribution in [0.1, 0.15) is 51.4 Å². The van der Waals surface area contributed by atoms with Gasteiger partial charge in [0, 0.05) is 27.6 Å². The van der Waals surface area contributed by atoms with Crippen molar-refractivity contribution in [2.24, 2.45) is 0 Å². The molecule has 0 unspecified atom stereocenters. The van der Waals surface area contributed by atoms with Crippen LogP contribution in [0, 0.1) is 0 Å². The minimum absolute atomic E-state index is 0.218. The standard InChI is InChI=1S/C24H29N3O2/c1-7-24(5,6)21-18(13-20-23(29)25-15(4)22(28)27-20)17-11-10-16(9-8-14(2)3)12-19(17)26-21/h7-8,10-13,15,26H,1,9H2,2-6H3,(H,25,29)(H,27,28)/t15-/m0/s1. The molecule has 1 saturated heterocycles. The van der Waals surface area contributed by atoms with Crippen molar-refractivity contribution in [1.29, 1.82) is 0 Å². The van der Waals surface area contributed by atoms with Crippen LogP contribution in [0.4, 0.5) is 0 Å². The van der Waals surface area contributed by atoms with Crippen molar-refractivity contribution in [3.63, 3.8) is 0 Å². The van der Waals surface area contributed by atoms with Gasteiger partial charge >= 0.3 is 0 Å². The van der Waals surface area contributed by atoms with Gasteiger partial charge < -0.3 is 15.6 Å². The molecule has 5 heteroatoms. The third kappa shape index (κ3) is 4.19. The smallest absolute Gasteiger partial charge is 0.268 e. The van der Waals surface area contributed by atoms with Gasteiger partial charge in [0.1, 0.15) is 11.7 Å². The van der Waals surface area contributed by atoms with Gasteiger partial charge in [0.15, 0.2) is 0 Å². The van der Waals surface area contributed by atoms with Gasteiger partial charge in [-0.2, -0.15) is 0 Å². The molecule has 1 aliphatic rings. The lowest BCUT2D eigenvalue weighted by Crippen LogP contribution is -2.53. The van der Waals surface area contributed by atoms with Gasteiger partial charge in [-0.25, -0.2) is 0 Å². The molecule has 1 aliphatic heterocycles. The minimum Gasteiger partial charge on any atom is -0.357 e. The predicted molar refractivity (Wildman–Crippen MR) is 118 cm³/mol. The second kappa shape index (κ2) is 7.74. The van der Waals surface area contributed by atoms with Crippen molar-refractivity contribution in [2.45, 2.75) is 52.5 Å². The van der Waals surface area contributed by atoms with Crippen molar-refractivity contribution >= 4 is 28.8 Å². The molecule has 2 aromatic rings. The fraction of sp³-hybridized carbons (Fsp3) is 0.333. The van der Waals surface area contributed by atoms with Crippen molar-refractivity contribution in [1.82, 2.24) is 15.6 Å². The van der Waals surface area contributed by atoms with Crippen molar-refractivity contribution < 1.29 is 9.59 Å². The molecule has 1 fully saturated rings. The van der Waals surface area contributed by atoms with E-state index in [9.17, 15) is 9.59 Å². The minimum atomic E-state index is -0.538. The van der Waals surface area contributed by atoms with Crippen LogP contribution < -0.4 is 10.6 Å². The average molecular weight is 392 g/mol. The van der Waals surface area contributed by atoms with E-state index in [1.807, 2.05) is 6.08 Å². The normalized spacial score (nSPS) is 18.5. The molecule has 3 rings (SSSR count). The van der Waals surface area contributed by atoms with Crippen LogP contribution in [0.2, 0.25) is 0 Å². The first-order chi connectivity index (χ1) is 13.6. The van der Waals surface area contributed by atoms with Crippen molar-refractivity contribution in [3.8, 4) is 0 Å². The van der Waals surface area contributed by atoms with E-state index in [-0.39, 0.29) is 22.9 Å². The molecule has 2 amide bonds. The number of aromatic nitrogens is 1. The summed E-state index contributed by atoms with van der Waals surface area (Å²) in [5, 5.41) is 6.42. The lowest BCUT2D eigenvalue weighted by Gasteiger charge is -2.23. The zero-order valence-corrected chi connectivity index (χ0v) is 17.8. The molecule has 1 atom stereocenters. The maximum absolute atomic E-state index is 12.4. The van der Waals surface area contributed by atoms with Crippen LogP contribution >= 0.6 is 0 Å². The molecule has 29 heavy (non-hydrogen) atoms. The highest BCUT2D eigenvalue weighted by Gasteiger charge is 2.28. The Hall–Kier alpha value is -3.08. The molecule has 3 N–H and O–H groups in total. The highest BCUT2D eigenvalue weighted by Crippen LogP contribution is 2.34. The van der Waals surface area contributed by atoms with E-state index in [0.29, 0.717) is 0 Å². The van der Waals surface area contributed by atoms with Crippen molar-refractivity contribution in [3.05, 3.63) is 65.0 Å². The van der Waals surface area contributed by atoms with E-state index in [1.165, 1.54) is 11.1 Å². The SMILES string of the molecule is C=CC(C)(C)c1[nH]c2cc(CC=C(C)C)ccc2c1C=C1NC(=O)[C@H](C)NC1=O. The molecule has 0 spiro atoms. The van der Waals surface area contributed by atoms with Gasteiger partial charge in [-0.3, -0.25) is 9.59 Å². The zero-order chi connectivity index (χ0) is 21.3. The lowest BCUT2D eigenvalue weighted by atomic mass is 9.86. The first-order valence-corrected chi connectivity index (χ1v) is 9.88. The van der Waals surface area contributed by atoms with Gasteiger partial charge in [0.2, 0.25) is 5.91 Å². The number of rotatable bonds is 5. The number of carbonyl (C=O) groups excluding carboxylic acids is 2. The summed E-state index contributed by atoms with van der Waals surface area (Å²) in [6.07, 6.45) is 6.70. The first-order valence-electron chi connectivity index (χ1n) is 9.88. The summed E-state index contributed by atoms with van der Waals surface area (Å²) in [6, 6.07) is 5.77. The van der Waals surface area contributed by atoms with E-state index in [4.69, 9.17) is 0 Å². The Bertz CT molecular complexity index is 1050. The van der Waals surface area contributed by atoms with Crippen LogP contribution in [0.3, 0.4) is 0 Å². The molecule has 5 nitrogen and oxygen atoms in total. The number of hydrogen-bond donors (Lipinski definition) is 3. The number of hydrogen-bond acceptors (Lipinski definition) is 2. The summed E-state index contributed by atoms with van der Waals surface area (Å²) in [7, 11) is 0. The number of benzene rings is 1. The number of nitrogens with one attached hydrogen (secondary N) is 3. The summed E-state index contributed by atoms with van der Waals surface area (Å²) in [5.74, 6) is -0.502. The summed E-state index contributed by atoms with van der Waals surface area (Å²) in [5.41, 5.74) is 5.24. The van der Waals surface area contributed by atoms with Crippen LogP contribution in [-0.2, 0) is 21.4 Å². The van der Waals surface area contributed by atoms with Gasteiger partial charge in [0.05, 0.1) is 0 Å². The maximum Gasteiger partial charge on any atom is 0.268 e. The Morgan fingerprint density at radius 2 is 1.97 bits per heavy atom. The second-order valence-corrected chi connectivity index (χ2v) is 8.45. The highest BCUT2D eigenvalue weighted by molar-refractivity contribution is 6.08. The van der Waals surface area contributed by atoms with Gasteiger partial charge in [-0.05, 0) is 44.9 Å². The molecular weight excluding hydrogens is 362 g/mol. The summed E-state index contributed by atoms with van der Waals surface area (Å²) >= 11 is 0. The number of piperazine rings is 1. The summed E-state index contributed by atoms with van der Waals surface area (Å²) in [4.78, 5) is 28.0. The first kappa shape index (κ1) is 20.6. The van der Waals surface area contributed by atoms with E-state index < -0.39 is 6.04 Å². The molecule has 0 saturated carbocycles. The van der Waals surface area contributed by atoms with Crippen LogP contribution in [0.5, 0.6) is 0 Å². The van der Waals surface area contributed by atoms with Crippen LogP contribution in [0.15, 0.2) is 48.2 Å². The zero-order valence-electron chi connectivity index (χ0n) is 17.8. The predicted octanol–water partition coefficient (Wildman–Crippen LogP) is 4.12. The number of H-pyrrole nitrogens is 1. The Balaban J connectivity index is 2.15.